The SMILES string of the molecule is COc1cc(/C=C2\SC(=S)N(c3ccc(C)cc3)C2=O)ccc1O. The molecule has 2 aromatic rings. The maximum absolute atomic E-state index is 12.7. The minimum absolute atomic E-state index is 0.0573. The first-order valence-electron chi connectivity index (χ1n) is 7.21. The van der Waals surface area contributed by atoms with Crippen molar-refractivity contribution in [2.45, 2.75) is 6.92 Å². The van der Waals surface area contributed by atoms with Gasteiger partial charge in [-0.1, -0.05) is 47.7 Å². The van der Waals surface area contributed by atoms with E-state index >= 15 is 0 Å². The molecule has 0 aliphatic carbocycles. The summed E-state index contributed by atoms with van der Waals surface area (Å²) in [5.74, 6) is 0.264. The largest absolute Gasteiger partial charge is 0.504 e. The molecule has 0 saturated carbocycles. The van der Waals surface area contributed by atoms with Crippen molar-refractivity contribution >= 4 is 46.0 Å². The summed E-state index contributed by atoms with van der Waals surface area (Å²) in [5, 5.41) is 9.66. The number of hydrogen-bond acceptors (Lipinski definition) is 5. The zero-order valence-electron chi connectivity index (χ0n) is 13.1. The van der Waals surface area contributed by atoms with Crippen LogP contribution in [-0.2, 0) is 4.79 Å². The number of phenols is 1. The highest BCUT2D eigenvalue weighted by Crippen LogP contribution is 2.37. The van der Waals surface area contributed by atoms with E-state index in [1.54, 1.807) is 18.2 Å². The van der Waals surface area contributed by atoms with Crippen LogP contribution in [0.4, 0.5) is 5.69 Å². The Morgan fingerprint density at radius 2 is 1.92 bits per heavy atom. The van der Waals surface area contributed by atoms with Gasteiger partial charge in [-0.2, -0.15) is 0 Å². The monoisotopic (exact) mass is 357 g/mol. The number of thioether (sulfide) groups is 1. The van der Waals surface area contributed by atoms with Gasteiger partial charge in [-0.25, -0.2) is 0 Å². The van der Waals surface area contributed by atoms with Gasteiger partial charge in [-0.15, -0.1) is 0 Å². The third kappa shape index (κ3) is 3.16. The van der Waals surface area contributed by atoms with Crippen LogP contribution >= 0.6 is 24.0 Å². The number of carbonyl (C=O) groups is 1. The van der Waals surface area contributed by atoms with E-state index in [9.17, 15) is 9.90 Å². The van der Waals surface area contributed by atoms with Gasteiger partial charge in [-0.3, -0.25) is 9.69 Å². The van der Waals surface area contributed by atoms with Gasteiger partial charge in [-0.05, 0) is 42.8 Å². The van der Waals surface area contributed by atoms with E-state index < -0.39 is 0 Å². The van der Waals surface area contributed by atoms with Crippen molar-refractivity contribution in [3.8, 4) is 11.5 Å². The van der Waals surface area contributed by atoms with Crippen LogP contribution in [0.5, 0.6) is 11.5 Å². The minimum Gasteiger partial charge on any atom is -0.504 e. The van der Waals surface area contributed by atoms with Gasteiger partial charge in [0.1, 0.15) is 0 Å². The summed E-state index contributed by atoms with van der Waals surface area (Å²) in [4.78, 5) is 14.8. The average molecular weight is 357 g/mol. The lowest BCUT2D eigenvalue weighted by Crippen LogP contribution is -2.27. The molecule has 1 saturated heterocycles. The molecule has 0 atom stereocenters. The second-order valence-corrected chi connectivity index (χ2v) is 6.96. The third-order valence-electron chi connectivity index (χ3n) is 3.59. The summed E-state index contributed by atoms with van der Waals surface area (Å²) >= 11 is 6.62. The zero-order chi connectivity index (χ0) is 17.3. The van der Waals surface area contributed by atoms with Crippen LogP contribution in [0.15, 0.2) is 47.4 Å². The molecule has 1 aliphatic rings. The molecular formula is C18H15NO3S2. The molecule has 0 unspecified atom stereocenters. The Bertz CT molecular complexity index is 844. The first kappa shape index (κ1) is 16.5. The zero-order valence-corrected chi connectivity index (χ0v) is 14.8. The molecule has 3 rings (SSSR count). The smallest absolute Gasteiger partial charge is 0.270 e. The molecule has 0 bridgehead atoms. The second kappa shape index (κ2) is 6.67. The third-order valence-corrected chi connectivity index (χ3v) is 4.89. The first-order chi connectivity index (χ1) is 11.5. The number of aromatic hydroxyl groups is 1. The average Bonchev–Trinajstić information content (AvgIpc) is 2.84. The number of ether oxygens (including phenoxy) is 1. The quantitative estimate of drug-likeness (QED) is 0.662. The summed E-state index contributed by atoms with van der Waals surface area (Å²) in [6.45, 7) is 1.99. The highest BCUT2D eigenvalue weighted by molar-refractivity contribution is 8.27. The molecule has 1 heterocycles. The Labute approximate surface area is 149 Å². The number of phenolic OH excluding ortho intramolecular Hbond substituents is 1. The van der Waals surface area contributed by atoms with Crippen molar-refractivity contribution in [2.75, 3.05) is 12.0 Å². The Morgan fingerprint density at radius 3 is 2.58 bits per heavy atom. The maximum atomic E-state index is 12.7. The van der Waals surface area contributed by atoms with Crippen LogP contribution in [-0.4, -0.2) is 22.4 Å². The Kier molecular flexibility index (Phi) is 4.59. The highest BCUT2D eigenvalue weighted by atomic mass is 32.2. The number of aryl methyl sites for hydroxylation is 1. The topological polar surface area (TPSA) is 49.8 Å². The number of benzene rings is 2. The number of methoxy groups -OCH3 is 1. The van der Waals surface area contributed by atoms with E-state index in [2.05, 4.69) is 0 Å². The number of nitrogens with zero attached hydrogens (tertiary/aromatic N) is 1. The minimum atomic E-state index is -0.152. The van der Waals surface area contributed by atoms with E-state index in [-0.39, 0.29) is 11.7 Å². The highest BCUT2D eigenvalue weighted by Gasteiger charge is 2.33. The Hall–Kier alpha value is -2.31. The van der Waals surface area contributed by atoms with Crippen LogP contribution in [0.3, 0.4) is 0 Å². The van der Waals surface area contributed by atoms with Gasteiger partial charge in [0.05, 0.1) is 17.7 Å². The fourth-order valence-electron chi connectivity index (χ4n) is 2.32. The van der Waals surface area contributed by atoms with Crippen molar-refractivity contribution in [3.63, 3.8) is 0 Å². The second-order valence-electron chi connectivity index (χ2n) is 5.28. The van der Waals surface area contributed by atoms with Gasteiger partial charge in [0.25, 0.3) is 5.91 Å². The lowest BCUT2D eigenvalue weighted by Gasteiger charge is -2.14. The van der Waals surface area contributed by atoms with Gasteiger partial charge >= 0.3 is 0 Å². The van der Waals surface area contributed by atoms with E-state index in [1.165, 1.54) is 29.8 Å². The molecule has 0 spiro atoms. The van der Waals surface area contributed by atoms with E-state index in [4.69, 9.17) is 17.0 Å². The van der Waals surface area contributed by atoms with Gasteiger partial charge in [0.2, 0.25) is 0 Å². The predicted molar refractivity (Wildman–Crippen MR) is 101 cm³/mol. The van der Waals surface area contributed by atoms with Gasteiger partial charge in [0, 0.05) is 0 Å². The molecule has 4 nitrogen and oxygen atoms in total. The molecular weight excluding hydrogens is 342 g/mol. The maximum Gasteiger partial charge on any atom is 0.270 e. The van der Waals surface area contributed by atoms with Crippen LogP contribution in [0.1, 0.15) is 11.1 Å². The van der Waals surface area contributed by atoms with Crippen molar-refractivity contribution < 1.29 is 14.6 Å². The molecule has 1 N–H and O–H groups in total. The van der Waals surface area contributed by atoms with E-state index in [0.717, 1.165) is 16.8 Å². The molecule has 2 aromatic carbocycles. The molecule has 24 heavy (non-hydrogen) atoms. The molecule has 6 heteroatoms. The van der Waals surface area contributed by atoms with E-state index in [0.29, 0.717) is 15.0 Å². The molecule has 0 radical (unpaired) electrons. The number of amides is 1. The number of carbonyl (C=O) groups excluding carboxylic acids is 1. The van der Waals surface area contributed by atoms with Crippen molar-refractivity contribution in [1.29, 1.82) is 0 Å². The summed E-state index contributed by atoms with van der Waals surface area (Å²) < 4.78 is 5.59. The van der Waals surface area contributed by atoms with Crippen molar-refractivity contribution in [3.05, 3.63) is 58.5 Å². The fourth-order valence-corrected chi connectivity index (χ4v) is 3.62. The predicted octanol–water partition coefficient (Wildman–Crippen LogP) is 4.12. The first-order valence-corrected chi connectivity index (χ1v) is 8.43. The fraction of sp³-hybridized carbons (Fsp3) is 0.111. The van der Waals surface area contributed by atoms with Gasteiger partial charge in [0.15, 0.2) is 15.8 Å². The van der Waals surface area contributed by atoms with Crippen LogP contribution in [0.2, 0.25) is 0 Å². The standard InChI is InChI=1S/C18H15NO3S2/c1-11-3-6-13(7-4-11)19-17(21)16(24-18(19)23)10-12-5-8-14(20)15(9-12)22-2/h3-10,20H,1-2H3/b16-10-. The molecule has 0 aromatic heterocycles. The summed E-state index contributed by atoms with van der Waals surface area (Å²) in [6, 6.07) is 12.6. The van der Waals surface area contributed by atoms with E-state index in [1.807, 2.05) is 31.2 Å². The molecule has 1 aliphatic heterocycles. The lowest BCUT2D eigenvalue weighted by molar-refractivity contribution is -0.113. The van der Waals surface area contributed by atoms with Gasteiger partial charge < -0.3 is 9.84 Å². The number of hydrogen-bond donors (Lipinski definition) is 1. The molecule has 1 amide bonds. The number of anilines is 1. The summed E-state index contributed by atoms with van der Waals surface area (Å²) in [6.07, 6.45) is 1.75. The number of rotatable bonds is 3. The Morgan fingerprint density at radius 1 is 1.21 bits per heavy atom. The lowest BCUT2D eigenvalue weighted by atomic mass is 10.1. The molecule has 1 fully saturated rings. The Balaban J connectivity index is 1.92. The van der Waals surface area contributed by atoms with Crippen LogP contribution in [0, 0.1) is 6.92 Å². The van der Waals surface area contributed by atoms with Crippen molar-refractivity contribution in [1.82, 2.24) is 0 Å². The summed E-state index contributed by atoms with van der Waals surface area (Å²) in [5.41, 5.74) is 2.64. The normalized spacial score (nSPS) is 16.1. The number of thiocarbonyl (C=S) groups is 1. The summed E-state index contributed by atoms with van der Waals surface area (Å²) in [7, 11) is 1.48. The van der Waals surface area contributed by atoms with Crippen LogP contribution in [0.25, 0.3) is 6.08 Å². The molecule has 122 valence electrons. The van der Waals surface area contributed by atoms with Crippen molar-refractivity contribution in [2.24, 2.45) is 0 Å². The van der Waals surface area contributed by atoms with Crippen LogP contribution < -0.4 is 9.64 Å².